The number of fused-ring (bicyclic) bond motifs is 1. The SMILES string of the molecule is COc1cc(CNC(=O)CN(C)C2=NS(=O)(=O)c3ccccc32)ccc1OCc1ccccc1. The highest BCUT2D eigenvalue weighted by atomic mass is 32.2. The summed E-state index contributed by atoms with van der Waals surface area (Å²) in [5, 5.41) is 2.85. The second kappa shape index (κ2) is 9.96. The fourth-order valence-electron chi connectivity index (χ4n) is 3.59. The number of hydrogen-bond acceptors (Lipinski definition) is 6. The Balaban J connectivity index is 1.35. The van der Waals surface area contributed by atoms with Gasteiger partial charge in [-0.25, -0.2) is 0 Å². The van der Waals surface area contributed by atoms with Gasteiger partial charge in [0.2, 0.25) is 5.91 Å². The number of rotatable bonds is 8. The highest BCUT2D eigenvalue weighted by Crippen LogP contribution is 2.29. The summed E-state index contributed by atoms with van der Waals surface area (Å²) >= 11 is 0. The number of ether oxygens (including phenoxy) is 2. The van der Waals surface area contributed by atoms with Crippen LogP contribution in [0.4, 0.5) is 0 Å². The van der Waals surface area contributed by atoms with E-state index in [1.807, 2.05) is 48.5 Å². The molecule has 176 valence electrons. The van der Waals surface area contributed by atoms with Crippen LogP contribution in [0.5, 0.6) is 11.5 Å². The third kappa shape index (κ3) is 5.20. The van der Waals surface area contributed by atoms with Crippen molar-refractivity contribution in [2.24, 2.45) is 4.40 Å². The van der Waals surface area contributed by atoms with Crippen molar-refractivity contribution in [3.05, 3.63) is 89.5 Å². The Morgan fingerprint density at radius 1 is 0.971 bits per heavy atom. The number of hydrogen-bond donors (Lipinski definition) is 1. The summed E-state index contributed by atoms with van der Waals surface area (Å²) in [6, 6.07) is 21.9. The number of carbonyl (C=O) groups excluding carboxylic acids is 1. The van der Waals surface area contributed by atoms with Gasteiger partial charge in [0.1, 0.15) is 11.5 Å². The van der Waals surface area contributed by atoms with Crippen LogP contribution in [0.1, 0.15) is 16.7 Å². The normalized spacial score (nSPS) is 13.5. The molecule has 0 radical (unpaired) electrons. The van der Waals surface area contributed by atoms with Crippen LogP contribution in [0.3, 0.4) is 0 Å². The van der Waals surface area contributed by atoms with Gasteiger partial charge >= 0.3 is 0 Å². The van der Waals surface area contributed by atoms with Crippen molar-refractivity contribution >= 4 is 21.8 Å². The van der Waals surface area contributed by atoms with Gasteiger partial charge in [0.15, 0.2) is 17.3 Å². The van der Waals surface area contributed by atoms with Gasteiger partial charge in [-0.15, -0.1) is 4.40 Å². The molecule has 0 aliphatic carbocycles. The van der Waals surface area contributed by atoms with Crippen LogP contribution in [-0.2, 0) is 28.0 Å². The van der Waals surface area contributed by atoms with Crippen LogP contribution >= 0.6 is 0 Å². The highest BCUT2D eigenvalue weighted by Gasteiger charge is 2.30. The van der Waals surface area contributed by atoms with Gasteiger partial charge in [0.25, 0.3) is 10.0 Å². The Labute approximate surface area is 198 Å². The zero-order valence-corrected chi connectivity index (χ0v) is 19.7. The second-order valence-corrected chi connectivity index (χ2v) is 9.35. The molecule has 3 aromatic carbocycles. The molecule has 0 bridgehead atoms. The maximum atomic E-state index is 12.5. The van der Waals surface area contributed by atoms with Crippen LogP contribution in [0.25, 0.3) is 0 Å². The Bertz CT molecular complexity index is 1320. The van der Waals surface area contributed by atoms with Crippen molar-refractivity contribution in [3.8, 4) is 11.5 Å². The number of benzene rings is 3. The first kappa shape index (κ1) is 23.3. The van der Waals surface area contributed by atoms with E-state index in [0.717, 1.165) is 11.1 Å². The molecule has 1 amide bonds. The number of methoxy groups -OCH3 is 1. The number of likely N-dealkylation sites (N-methyl/N-ethyl adjacent to an activating group) is 1. The lowest BCUT2D eigenvalue weighted by atomic mass is 10.2. The lowest BCUT2D eigenvalue weighted by molar-refractivity contribution is -0.121. The molecule has 0 spiro atoms. The summed E-state index contributed by atoms with van der Waals surface area (Å²) in [5.41, 5.74) is 2.38. The third-order valence-electron chi connectivity index (χ3n) is 5.31. The van der Waals surface area contributed by atoms with Gasteiger partial charge in [-0.05, 0) is 35.4 Å². The first-order valence-corrected chi connectivity index (χ1v) is 12.1. The fourth-order valence-corrected chi connectivity index (χ4v) is 4.84. The molecular weight excluding hydrogens is 454 g/mol. The van der Waals surface area contributed by atoms with Crippen LogP contribution in [0.15, 0.2) is 82.1 Å². The highest BCUT2D eigenvalue weighted by molar-refractivity contribution is 7.90. The Morgan fingerprint density at radius 3 is 2.47 bits per heavy atom. The van der Waals surface area contributed by atoms with Gasteiger partial charge in [0, 0.05) is 19.2 Å². The van der Waals surface area contributed by atoms with E-state index in [-0.39, 0.29) is 29.7 Å². The molecular formula is C25H25N3O5S. The molecule has 3 aromatic rings. The zero-order valence-electron chi connectivity index (χ0n) is 18.9. The van der Waals surface area contributed by atoms with Crippen LogP contribution in [0.2, 0.25) is 0 Å². The summed E-state index contributed by atoms with van der Waals surface area (Å²) in [6.45, 7) is 0.657. The fraction of sp³-hybridized carbons (Fsp3) is 0.200. The molecule has 0 fully saturated rings. The van der Waals surface area contributed by atoms with Gasteiger partial charge < -0.3 is 19.7 Å². The zero-order chi connectivity index (χ0) is 24.1. The van der Waals surface area contributed by atoms with E-state index in [9.17, 15) is 13.2 Å². The van der Waals surface area contributed by atoms with Crippen molar-refractivity contribution in [3.63, 3.8) is 0 Å². The number of nitrogens with one attached hydrogen (secondary N) is 1. The topological polar surface area (TPSA) is 97.3 Å². The molecule has 0 saturated heterocycles. The summed E-state index contributed by atoms with van der Waals surface area (Å²) in [7, 11) is -0.534. The summed E-state index contributed by atoms with van der Waals surface area (Å²) < 4.78 is 39.6. The maximum Gasteiger partial charge on any atom is 0.285 e. The first-order valence-electron chi connectivity index (χ1n) is 10.6. The molecule has 0 unspecified atom stereocenters. The van der Waals surface area contributed by atoms with E-state index in [1.54, 1.807) is 32.4 Å². The van der Waals surface area contributed by atoms with Crippen molar-refractivity contribution in [2.45, 2.75) is 18.0 Å². The van der Waals surface area contributed by atoms with Crippen LogP contribution in [0, 0.1) is 0 Å². The minimum Gasteiger partial charge on any atom is -0.493 e. The second-order valence-electron chi connectivity index (χ2n) is 7.78. The Morgan fingerprint density at radius 2 is 1.71 bits per heavy atom. The van der Waals surface area contributed by atoms with Gasteiger partial charge in [-0.1, -0.05) is 48.5 Å². The minimum atomic E-state index is -3.74. The van der Waals surface area contributed by atoms with Crippen molar-refractivity contribution in [1.82, 2.24) is 10.2 Å². The van der Waals surface area contributed by atoms with E-state index in [2.05, 4.69) is 9.71 Å². The van der Waals surface area contributed by atoms with Crippen LogP contribution < -0.4 is 14.8 Å². The minimum absolute atomic E-state index is 0.0436. The number of sulfonamides is 1. The maximum absolute atomic E-state index is 12.5. The molecule has 4 rings (SSSR count). The van der Waals surface area contributed by atoms with Crippen molar-refractivity contribution in [2.75, 3.05) is 20.7 Å². The molecule has 1 aliphatic heterocycles. The molecule has 1 heterocycles. The lowest BCUT2D eigenvalue weighted by Crippen LogP contribution is -2.38. The van der Waals surface area contributed by atoms with E-state index >= 15 is 0 Å². The Hall–Kier alpha value is -3.85. The van der Waals surface area contributed by atoms with E-state index < -0.39 is 10.0 Å². The molecule has 34 heavy (non-hydrogen) atoms. The first-order chi connectivity index (χ1) is 16.4. The molecule has 0 atom stereocenters. The third-order valence-corrected chi connectivity index (χ3v) is 6.63. The quantitative estimate of drug-likeness (QED) is 0.534. The van der Waals surface area contributed by atoms with E-state index in [0.29, 0.717) is 23.7 Å². The van der Waals surface area contributed by atoms with Crippen LogP contribution in [-0.4, -0.2) is 45.8 Å². The largest absolute Gasteiger partial charge is 0.493 e. The molecule has 1 N–H and O–H groups in total. The molecule has 8 nitrogen and oxygen atoms in total. The predicted octanol–water partition coefficient (Wildman–Crippen LogP) is 2.97. The standard InChI is InChI=1S/C25H25N3O5S/c1-28(25-20-10-6-7-11-23(20)34(30,31)27-25)16-24(29)26-15-19-12-13-21(22(14-19)32-2)33-17-18-8-4-3-5-9-18/h3-14H,15-17H2,1-2H3,(H,26,29). The van der Waals surface area contributed by atoms with Gasteiger partial charge in [0.05, 0.1) is 13.7 Å². The van der Waals surface area contributed by atoms with Gasteiger partial charge in [-0.2, -0.15) is 8.42 Å². The number of amidine groups is 1. The molecule has 0 aromatic heterocycles. The lowest BCUT2D eigenvalue weighted by Gasteiger charge is -2.18. The van der Waals surface area contributed by atoms with Crippen molar-refractivity contribution in [1.29, 1.82) is 0 Å². The van der Waals surface area contributed by atoms with E-state index in [1.165, 1.54) is 11.0 Å². The molecule has 9 heteroatoms. The number of carbonyl (C=O) groups is 1. The monoisotopic (exact) mass is 479 g/mol. The molecule has 0 saturated carbocycles. The summed E-state index contributed by atoms with van der Waals surface area (Å²) in [6.07, 6.45) is 0. The number of nitrogens with zero attached hydrogens (tertiary/aromatic N) is 2. The summed E-state index contributed by atoms with van der Waals surface area (Å²) in [5.74, 6) is 1.17. The van der Waals surface area contributed by atoms with Crippen molar-refractivity contribution < 1.29 is 22.7 Å². The average Bonchev–Trinajstić information content (AvgIpc) is 3.13. The molecule has 1 aliphatic rings. The number of amides is 1. The predicted molar refractivity (Wildman–Crippen MR) is 128 cm³/mol. The Kier molecular flexibility index (Phi) is 6.83. The summed E-state index contributed by atoms with van der Waals surface area (Å²) in [4.78, 5) is 14.2. The van der Waals surface area contributed by atoms with E-state index in [4.69, 9.17) is 9.47 Å². The smallest absolute Gasteiger partial charge is 0.285 e. The van der Waals surface area contributed by atoms with Gasteiger partial charge in [-0.3, -0.25) is 4.79 Å². The average molecular weight is 480 g/mol.